The average molecular weight is 572 g/mol. The highest BCUT2D eigenvalue weighted by Crippen LogP contribution is 2.08. The van der Waals surface area contributed by atoms with E-state index in [0.29, 0.717) is 0 Å². The van der Waals surface area contributed by atoms with Crippen molar-refractivity contribution in [2.45, 2.75) is 64.7 Å². The summed E-state index contributed by atoms with van der Waals surface area (Å²) in [6, 6.07) is 20.1. The predicted octanol–water partition coefficient (Wildman–Crippen LogP) is 0.565. The molecule has 2 aromatic carbocycles. The van der Waals surface area contributed by atoms with Crippen LogP contribution in [-0.2, 0) is 0 Å². The van der Waals surface area contributed by atoms with Crippen LogP contribution in [0.25, 0.3) is 0 Å². The molecule has 0 aliphatic carbocycles. The van der Waals surface area contributed by atoms with Gasteiger partial charge in [0.25, 0.3) is 0 Å². The molecule has 0 saturated heterocycles. The lowest BCUT2D eigenvalue weighted by molar-refractivity contribution is -0.598. The van der Waals surface area contributed by atoms with Crippen molar-refractivity contribution >= 4 is 0 Å². The second kappa shape index (κ2) is 14.5. The maximum absolute atomic E-state index is 3.46. The van der Waals surface area contributed by atoms with Crippen LogP contribution < -0.4 is 42.4 Å². The van der Waals surface area contributed by atoms with Gasteiger partial charge < -0.3 is 0 Å². The van der Waals surface area contributed by atoms with Crippen LogP contribution in [-0.4, -0.2) is 0 Å². The number of unbranched alkanes of at least 4 members (excludes halogenated alkanes) is 8. The molecule has 0 aliphatic rings. The van der Waals surface area contributed by atoms with E-state index in [9.17, 15) is 0 Å². The Morgan fingerprint density at radius 1 is 0.654 bits per heavy atom. The third kappa shape index (κ3) is 9.97. The van der Waals surface area contributed by atoms with Crippen molar-refractivity contribution in [3.05, 3.63) is 65.3 Å². The lowest BCUT2D eigenvalue weighted by Gasteiger charge is -1.98. The monoisotopic (exact) mass is 572 g/mol. The maximum Gasteiger partial charge on any atom is 0.419 e. The molecule has 0 radical (unpaired) electrons. The van der Waals surface area contributed by atoms with Gasteiger partial charge in [0.05, 0.1) is 0 Å². The molecule has 138 valence electrons. The van der Waals surface area contributed by atoms with Gasteiger partial charge in [-0.25, -0.2) is 0 Å². The van der Waals surface area contributed by atoms with Crippen molar-refractivity contribution in [2.75, 3.05) is 0 Å². The molecule has 0 amide bonds. The summed E-state index contributed by atoms with van der Waals surface area (Å²) in [5, 5.41) is 0. The van der Waals surface area contributed by atoms with Crippen molar-refractivity contribution in [1.82, 2.24) is 0 Å². The van der Waals surface area contributed by atoms with Gasteiger partial charge in [0.15, 0.2) is 11.1 Å². The second-order valence-electron chi connectivity index (χ2n) is 6.42. The molecule has 0 N–H and O–H groups in total. The van der Waals surface area contributed by atoms with Gasteiger partial charge in [-0.3, -0.25) is 0 Å². The summed E-state index contributed by atoms with van der Waals surface area (Å²) in [4.78, 5) is 0. The molecule has 2 aromatic rings. The number of halogens is 2. The largest absolute Gasteiger partial charge is 0.419 e. The zero-order valence-electron chi connectivity index (χ0n) is 15.8. The summed E-state index contributed by atoms with van der Waals surface area (Å²) in [7, 11) is 0. The first-order chi connectivity index (χ1) is 12.9. The second-order valence-corrected chi connectivity index (χ2v) is 11.8. The Balaban J connectivity index is 1.58. The highest BCUT2D eigenvalue weighted by Gasteiger charge is 2.17. The smallest absolute Gasteiger partial charge is 0.0654 e. The fourth-order valence-electron chi connectivity index (χ4n) is 2.64. The van der Waals surface area contributed by atoms with Gasteiger partial charge >= 0.3 is 42.4 Å². The molecular weight excluding hydrogens is 542 g/mol. The standard InChI is InChI=1S/C24H30I2/c1-2-3-4-5-6-7-8-9-10-14-21-25-22-17-19-24(20-18-22)26-23-15-12-11-13-16-23/h11-13,15-20H,2-10H2,1H3/q+2. The zero-order valence-corrected chi connectivity index (χ0v) is 20.1. The quantitative estimate of drug-likeness (QED) is 0.210. The van der Waals surface area contributed by atoms with Crippen LogP contribution in [0.5, 0.6) is 0 Å². The van der Waals surface area contributed by atoms with E-state index in [-0.39, 0.29) is 42.4 Å². The molecule has 0 heterocycles. The van der Waals surface area contributed by atoms with Crippen molar-refractivity contribution in [2.24, 2.45) is 0 Å². The molecule has 0 nitrogen and oxygen atoms in total. The summed E-state index contributed by atoms with van der Waals surface area (Å²) in [6.07, 6.45) is 12.1. The van der Waals surface area contributed by atoms with Crippen molar-refractivity contribution in [3.8, 4) is 9.85 Å². The van der Waals surface area contributed by atoms with E-state index in [2.05, 4.69) is 71.4 Å². The van der Waals surface area contributed by atoms with Crippen LogP contribution in [0.4, 0.5) is 0 Å². The van der Waals surface area contributed by atoms with Crippen molar-refractivity contribution in [3.63, 3.8) is 0 Å². The molecule has 0 aliphatic heterocycles. The fourth-order valence-corrected chi connectivity index (χ4v) is 6.35. The summed E-state index contributed by atoms with van der Waals surface area (Å²) in [6.45, 7) is 2.28. The molecular formula is C24H30I2+2. The predicted molar refractivity (Wildman–Crippen MR) is 104 cm³/mol. The van der Waals surface area contributed by atoms with Crippen LogP contribution in [0.3, 0.4) is 0 Å². The van der Waals surface area contributed by atoms with Crippen LogP contribution in [0.1, 0.15) is 64.7 Å². The molecule has 2 rings (SSSR count). The topological polar surface area (TPSA) is 0 Å². The maximum atomic E-state index is 3.46. The molecule has 26 heavy (non-hydrogen) atoms. The first-order valence-corrected chi connectivity index (χ1v) is 14.1. The molecule has 0 fully saturated rings. The Hall–Kier alpha value is -0.540. The van der Waals surface area contributed by atoms with Gasteiger partial charge in [0.1, 0.15) is 0 Å². The minimum atomic E-state index is -0.132. The third-order valence-corrected chi connectivity index (χ3v) is 8.81. The minimum Gasteiger partial charge on any atom is -0.0654 e. The number of hydrogen-bond acceptors (Lipinski definition) is 0. The normalized spacial score (nSPS) is 10.3. The number of hydrogen-bond donors (Lipinski definition) is 0. The summed E-state index contributed by atoms with van der Waals surface area (Å²) < 4.78 is 7.89. The number of benzene rings is 2. The average Bonchev–Trinajstić information content (AvgIpc) is 2.68. The van der Waals surface area contributed by atoms with Gasteiger partial charge in [0, 0.05) is 6.42 Å². The SMILES string of the molecule is CCCCCCCCCCC#C[I+]c1ccc([I+]c2ccccc2)cc1. The van der Waals surface area contributed by atoms with E-state index >= 15 is 0 Å². The molecule has 0 saturated carbocycles. The Bertz CT molecular complexity index is 650. The Kier molecular flexibility index (Phi) is 12.1. The minimum absolute atomic E-state index is 0.0393. The summed E-state index contributed by atoms with van der Waals surface area (Å²) in [5.41, 5.74) is 0. The molecule has 0 spiro atoms. The summed E-state index contributed by atoms with van der Waals surface area (Å²) >= 11 is -0.171. The van der Waals surface area contributed by atoms with E-state index in [1.807, 2.05) is 0 Å². The van der Waals surface area contributed by atoms with Crippen molar-refractivity contribution in [1.29, 1.82) is 0 Å². The van der Waals surface area contributed by atoms with E-state index in [1.165, 1.54) is 62.1 Å². The highest BCUT2D eigenvalue weighted by atomic mass is 127. The number of rotatable bonds is 11. The third-order valence-electron chi connectivity index (χ3n) is 4.13. The molecule has 0 aromatic heterocycles. The first kappa shape index (κ1) is 21.8. The van der Waals surface area contributed by atoms with Crippen LogP contribution in [0.2, 0.25) is 0 Å². The molecule has 0 unspecified atom stereocenters. The van der Waals surface area contributed by atoms with Gasteiger partial charge in [-0.1, -0.05) is 70.1 Å². The zero-order chi connectivity index (χ0) is 18.3. The Labute approximate surface area is 181 Å². The van der Waals surface area contributed by atoms with E-state index in [1.54, 1.807) is 0 Å². The Morgan fingerprint density at radius 2 is 1.23 bits per heavy atom. The lowest BCUT2D eigenvalue weighted by atomic mass is 10.1. The van der Waals surface area contributed by atoms with Gasteiger partial charge in [-0.05, 0) is 48.7 Å². The van der Waals surface area contributed by atoms with E-state index < -0.39 is 0 Å². The van der Waals surface area contributed by atoms with E-state index in [4.69, 9.17) is 0 Å². The van der Waals surface area contributed by atoms with Gasteiger partial charge in [-0.2, -0.15) is 0 Å². The Morgan fingerprint density at radius 3 is 1.92 bits per heavy atom. The van der Waals surface area contributed by atoms with Gasteiger partial charge in [0.2, 0.25) is 3.57 Å². The van der Waals surface area contributed by atoms with E-state index in [0.717, 1.165) is 6.42 Å². The van der Waals surface area contributed by atoms with Crippen LogP contribution >= 0.6 is 0 Å². The van der Waals surface area contributed by atoms with Gasteiger partial charge in [-0.15, -0.1) is 0 Å². The molecule has 0 atom stereocenters. The lowest BCUT2D eigenvalue weighted by Crippen LogP contribution is -3.61. The first-order valence-electron chi connectivity index (χ1n) is 9.80. The van der Waals surface area contributed by atoms with Crippen molar-refractivity contribution < 1.29 is 42.4 Å². The summed E-state index contributed by atoms with van der Waals surface area (Å²) in [5.74, 6) is 3.41. The fraction of sp³-hybridized carbons (Fsp3) is 0.417. The molecule has 0 bridgehead atoms. The molecule has 2 heteroatoms. The van der Waals surface area contributed by atoms with Crippen LogP contribution in [0, 0.1) is 20.6 Å². The van der Waals surface area contributed by atoms with Crippen LogP contribution in [0.15, 0.2) is 54.6 Å². The highest BCUT2D eigenvalue weighted by molar-refractivity contribution is 5.03.